The van der Waals surface area contributed by atoms with Crippen molar-refractivity contribution in [3.05, 3.63) is 42.1 Å². The summed E-state index contributed by atoms with van der Waals surface area (Å²) in [7, 11) is 0. The van der Waals surface area contributed by atoms with E-state index in [2.05, 4.69) is 47.6 Å². The highest BCUT2D eigenvalue weighted by molar-refractivity contribution is 5.82. The van der Waals surface area contributed by atoms with Crippen LogP contribution in [0.5, 0.6) is 0 Å². The predicted octanol–water partition coefficient (Wildman–Crippen LogP) is 3.69. The summed E-state index contributed by atoms with van der Waals surface area (Å²) in [6.45, 7) is 3.32. The second kappa shape index (κ2) is 5.07. The summed E-state index contributed by atoms with van der Waals surface area (Å²) in [6.07, 6.45) is 5.85. The van der Waals surface area contributed by atoms with Crippen molar-refractivity contribution in [1.82, 2.24) is 10.3 Å². The van der Waals surface area contributed by atoms with Gasteiger partial charge >= 0.3 is 0 Å². The van der Waals surface area contributed by atoms with Gasteiger partial charge in [-0.3, -0.25) is 4.98 Å². The Morgan fingerprint density at radius 3 is 2.89 bits per heavy atom. The van der Waals surface area contributed by atoms with E-state index in [0.717, 1.165) is 18.0 Å². The molecule has 18 heavy (non-hydrogen) atoms. The van der Waals surface area contributed by atoms with Gasteiger partial charge in [-0.1, -0.05) is 25.1 Å². The third-order valence-electron chi connectivity index (χ3n) is 3.73. The van der Waals surface area contributed by atoms with Crippen LogP contribution >= 0.6 is 0 Å². The van der Waals surface area contributed by atoms with E-state index in [4.69, 9.17) is 0 Å². The zero-order chi connectivity index (χ0) is 12.4. The molecule has 1 fully saturated rings. The van der Waals surface area contributed by atoms with Crippen LogP contribution in [0.4, 0.5) is 0 Å². The van der Waals surface area contributed by atoms with Crippen LogP contribution in [0.1, 0.15) is 37.8 Å². The molecule has 2 heteroatoms. The molecule has 0 amide bonds. The molecule has 2 aromatic rings. The average Bonchev–Trinajstić information content (AvgIpc) is 3.24. The van der Waals surface area contributed by atoms with Gasteiger partial charge in [-0.2, -0.15) is 0 Å². The molecule has 0 spiro atoms. The molecular weight excluding hydrogens is 220 g/mol. The molecule has 1 aliphatic carbocycles. The van der Waals surface area contributed by atoms with Crippen molar-refractivity contribution in [3.63, 3.8) is 0 Å². The molecule has 1 N–H and O–H groups in total. The van der Waals surface area contributed by atoms with Crippen molar-refractivity contribution in [2.24, 2.45) is 5.92 Å². The number of hydrogen-bond donors (Lipinski definition) is 1. The van der Waals surface area contributed by atoms with Crippen LogP contribution in [-0.4, -0.2) is 11.5 Å². The number of rotatable bonds is 5. The Labute approximate surface area is 108 Å². The monoisotopic (exact) mass is 240 g/mol. The van der Waals surface area contributed by atoms with Crippen molar-refractivity contribution >= 4 is 10.9 Å². The Bertz CT molecular complexity index is 526. The Hall–Kier alpha value is -1.41. The first kappa shape index (κ1) is 11.7. The molecule has 0 radical (unpaired) electrons. The normalized spacial score (nSPS) is 16.9. The lowest BCUT2D eigenvalue weighted by molar-refractivity contribution is 0.484. The first-order valence-electron chi connectivity index (χ1n) is 6.97. The van der Waals surface area contributed by atoms with Crippen molar-refractivity contribution in [2.75, 3.05) is 6.54 Å². The van der Waals surface area contributed by atoms with Crippen LogP contribution in [0.3, 0.4) is 0 Å². The SMILES string of the molecule is CCCNC(c1ccnc2ccccc12)C1CC1. The quantitative estimate of drug-likeness (QED) is 0.862. The number of hydrogen-bond acceptors (Lipinski definition) is 2. The first-order valence-corrected chi connectivity index (χ1v) is 6.97. The minimum absolute atomic E-state index is 0.512. The molecule has 1 heterocycles. The van der Waals surface area contributed by atoms with E-state index >= 15 is 0 Å². The lowest BCUT2D eigenvalue weighted by Gasteiger charge is -2.20. The molecule has 1 unspecified atom stereocenters. The highest BCUT2D eigenvalue weighted by Gasteiger charge is 2.32. The summed E-state index contributed by atoms with van der Waals surface area (Å²) < 4.78 is 0. The van der Waals surface area contributed by atoms with Gasteiger partial charge in [0.25, 0.3) is 0 Å². The first-order chi connectivity index (χ1) is 8.90. The summed E-state index contributed by atoms with van der Waals surface area (Å²) in [6, 6.07) is 11.2. The smallest absolute Gasteiger partial charge is 0.0705 e. The van der Waals surface area contributed by atoms with Gasteiger partial charge in [0.05, 0.1) is 5.52 Å². The average molecular weight is 240 g/mol. The van der Waals surface area contributed by atoms with E-state index in [9.17, 15) is 0 Å². The molecule has 3 rings (SSSR count). The fraction of sp³-hybridized carbons (Fsp3) is 0.438. The van der Waals surface area contributed by atoms with Crippen molar-refractivity contribution < 1.29 is 0 Å². The van der Waals surface area contributed by atoms with Gasteiger partial charge in [-0.15, -0.1) is 0 Å². The second-order valence-electron chi connectivity index (χ2n) is 5.19. The molecule has 2 nitrogen and oxygen atoms in total. The number of benzene rings is 1. The fourth-order valence-corrected chi connectivity index (χ4v) is 2.65. The minimum Gasteiger partial charge on any atom is -0.310 e. The third kappa shape index (κ3) is 2.25. The summed E-state index contributed by atoms with van der Waals surface area (Å²) >= 11 is 0. The van der Waals surface area contributed by atoms with E-state index in [1.165, 1.54) is 30.2 Å². The highest BCUT2D eigenvalue weighted by atomic mass is 14.9. The van der Waals surface area contributed by atoms with E-state index in [0.29, 0.717) is 6.04 Å². The van der Waals surface area contributed by atoms with Gasteiger partial charge in [0.1, 0.15) is 0 Å². The lowest BCUT2D eigenvalue weighted by Crippen LogP contribution is -2.24. The molecule has 0 bridgehead atoms. The largest absolute Gasteiger partial charge is 0.310 e. The Morgan fingerprint density at radius 1 is 1.28 bits per heavy atom. The molecular formula is C16H20N2. The van der Waals surface area contributed by atoms with Crippen molar-refractivity contribution in [2.45, 2.75) is 32.2 Å². The maximum Gasteiger partial charge on any atom is 0.0705 e. The van der Waals surface area contributed by atoms with Gasteiger partial charge in [0.2, 0.25) is 0 Å². The maximum absolute atomic E-state index is 4.46. The summed E-state index contributed by atoms with van der Waals surface area (Å²) in [5.41, 5.74) is 2.54. The van der Waals surface area contributed by atoms with Gasteiger partial charge in [-0.25, -0.2) is 0 Å². The molecule has 0 aliphatic heterocycles. The molecule has 1 atom stereocenters. The molecule has 1 aliphatic rings. The van der Waals surface area contributed by atoms with Gasteiger partial charge in [0.15, 0.2) is 0 Å². The lowest BCUT2D eigenvalue weighted by atomic mass is 9.98. The Balaban J connectivity index is 2.00. The van der Waals surface area contributed by atoms with Crippen LogP contribution in [0.25, 0.3) is 10.9 Å². The highest BCUT2D eigenvalue weighted by Crippen LogP contribution is 2.42. The molecule has 94 valence electrons. The zero-order valence-corrected chi connectivity index (χ0v) is 10.9. The summed E-state index contributed by atoms with van der Waals surface area (Å²) in [5, 5.41) is 5.02. The summed E-state index contributed by atoms with van der Waals surface area (Å²) in [5.74, 6) is 0.822. The number of aromatic nitrogens is 1. The minimum atomic E-state index is 0.512. The van der Waals surface area contributed by atoms with Gasteiger partial charge in [0, 0.05) is 17.6 Å². The fourth-order valence-electron chi connectivity index (χ4n) is 2.65. The molecule has 1 aromatic carbocycles. The van der Waals surface area contributed by atoms with E-state index in [1.807, 2.05) is 6.20 Å². The molecule has 1 saturated carbocycles. The maximum atomic E-state index is 4.46. The van der Waals surface area contributed by atoms with Gasteiger partial charge < -0.3 is 5.32 Å². The van der Waals surface area contributed by atoms with E-state index in [-0.39, 0.29) is 0 Å². The van der Waals surface area contributed by atoms with Crippen LogP contribution in [0.2, 0.25) is 0 Å². The summed E-state index contributed by atoms with van der Waals surface area (Å²) in [4.78, 5) is 4.46. The molecule has 0 saturated heterocycles. The van der Waals surface area contributed by atoms with Crippen LogP contribution < -0.4 is 5.32 Å². The predicted molar refractivity (Wildman–Crippen MR) is 75.5 cm³/mol. The van der Waals surface area contributed by atoms with Crippen molar-refractivity contribution in [1.29, 1.82) is 0 Å². The second-order valence-corrected chi connectivity index (χ2v) is 5.19. The van der Waals surface area contributed by atoms with Gasteiger partial charge in [-0.05, 0) is 49.4 Å². The standard InChI is InChI=1S/C16H20N2/c1-2-10-18-16(12-7-8-12)14-9-11-17-15-6-4-3-5-13(14)15/h3-6,9,11-12,16,18H,2,7-8,10H2,1H3. The zero-order valence-electron chi connectivity index (χ0n) is 10.9. The van der Waals surface area contributed by atoms with E-state index in [1.54, 1.807) is 0 Å². The van der Waals surface area contributed by atoms with E-state index < -0.39 is 0 Å². The molecule has 1 aromatic heterocycles. The Kier molecular flexibility index (Phi) is 3.28. The number of para-hydroxylation sites is 1. The number of nitrogens with zero attached hydrogens (tertiary/aromatic N) is 1. The topological polar surface area (TPSA) is 24.9 Å². The van der Waals surface area contributed by atoms with Crippen molar-refractivity contribution in [3.8, 4) is 0 Å². The van der Waals surface area contributed by atoms with Crippen LogP contribution in [-0.2, 0) is 0 Å². The van der Waals surface area contributed by atoms with Crippen LogP contribution in [0, 0.1) is 5.92 Å². The third-order valence-corrected chi connectivity index (χ3v) is 3.73. The number of nitrogens with one attached hydrogen (secondary N) is 1. The van der Waals surface area contributed by atoms with Crippen LogP contribution in [0.15, 0.2) is 36.5 Å². The number of fused-ring (bicyclic) bond motifs is 1. The Morgan fingerprint density at radius 2 is 2.11 bits per heavy atom. The number of pyridine rings is 1.